The van der Waals surface area contributed by atoms with E-state index in [9.17, 15) is 13.2 Å². The number of benzene rings is 3. The van der Waals surface area contributed by atoms with Gasteiger partial charge in [-0.3, -0.25) is 4.79 Å². The van der Waals surface area contributed by atoms with E-state index in [0.717, 1.165) is 9.87 Å². The Morgan fingerprint density at radius 3 is 2.38 bits per heavy atom. The van der Waals surface area contributed by atoms with Crippen molar-refractivity contribution in [2.24, 2.45) is 0 Å². The van der Waals surface area contributed by atoms with Crippen molar-refractivity contribution in [1.82, 2.24) is 4.31 Å². The van der Waals surface area contributed by atoms with Crippen LogP contribution in [0.25, 0.3) is 6.08 Å². The summed E-state index contributed by atoms with van der Waals surface area (Å²) in [5.41, 5.74) is 1.90. The lowest BCUT2D eigenvalue weighted by Crippen LogP contribution is -2.31. The predicted octanol–water partition coefficient (Wildman–Crippen LogP) is 4.07. The van der Waals surface area contributed by atoms with Crippen molar-refractivity contribution >= 4 is 27.7 Å². The molecule has 1 aliphatic heterocycles. The third-order valence-electron chi connectivity index (χ3n) is 5.34. The summed E-state index contributed by atoms with van der Waals surface area (Å²) in [5, 5.41) is 0. The number of rotatable bonds is 7. The van der Waals surface area contributed by atoms with E-state index in [0.29, 0.717) is 30.4 Å². The molecule has 0 aliphatic carbocycles. The van der Waals surface area contributed by atoms with Crippen molar-refractivity contribution in [3.05, 3.63) is 90.0 Å². The third-order valence-corrected chi connectivity index (χ3v) is 7.15. The highest BCUT2D eigenvalue weighted by Crippen LogP contribution is 2.34. The van der Waals surface area contributed by atoms with Gasteiger partial charge in [0.2, 0.25) is 10.0 Å². The molecule has 176 valence electrons. The number of sulfonamides is 1. The number of hydrogen-bond acceptors (Lipinski definition) is 5. The van der Waals surface area contributed by atoms with E-state index in [4.69, 9.17) is 9.47 Å². The highest BCUT2D eigenvalue weighted by Gasteiger charge is 2.23. The lowest BCUT2D eigenvalue weighted by Gasteiger charge is -2.25. The Balaban J connectivity index is 1.69. The number of anilines is 1. The molecule has 8 heteroatoms. The van der Waals surface area contributed by atoms with Crippen molar-refractivity contribution in [2.75, 3.05) is 38.8 Å². The molecule has 1 aliphatic rings. The molecule has 0 saturated heterocycles. The number of hydrogen-bond donors (Lipinski definition) is 0. The number of carbonyl (C=O) groups is 1. The molecule has 7 nitrogen and oxygen atoms in total. The first-order chi connectivity index (χ1) is 16.4. The molecule has 1 heterocycles. The Labute approximate surface area is 199 Å². The molecule has 0 aromatic heterocycles. The van der Waals surface area contributed by atoms with Gasteiger partial charge in [-0.1, -0.05) is 48.6 Å². The Hall–Kier alpha value is -3.62. The van der Waals surface area contributed by atoms with Gasteiger partial charge in [0.1, 0.15) is 13.2 Å². The molecule has 3 aromatic carbocycles. The molecular formula is C26H26N2O5S. The van der Waals surface area contributed by atoms with Crippen molar-refractivity contribution in [2.45, 2.75) is 4.90 Å². The number of carbonyl (C=O) groups excluding carboxylic acids is 1. The maximum Gasteiger partial charge on any atom is 0.258 e. The van der Waals surface area contributed by atoms with Crippen LogP contribution in [0.15, 0.2) is 83.8 Å². The molecule has 0 radical (unpaired) electrons. The molecule has 34 heavy (non-hydrogen) atoms. The van der Waals surface area contributed by atoms with Crippen LogP contribution in [0.2, 0.25) is 0 Å². The normalized spacial score (nSPS) is 13.3. The van der Waals surface area contributed by atoms with Crippen LogP contribution in [-0.2, 0) is 10.0 Å². The largest absolute Gasteiger partial charge is 0.486 e. The van der Waals surface area contributed by atoms with Gasteiger partial charge in [-0.05, 0) is 35.9 Å². The van der Waals surface area contributed by atoms with Crippen LogP contribution in [0.4, 0.5) is 5.69 Å². The van der Waals surface area contributed by atoms with E-state index < -0.39 is 10.0 Å². The second-order valence-corrected chi connectivity index (χ2v) is 10.0. The van der Waals surface area contributed by atoms with E-state index in [2.05, 4.69) is 0 Å². The smallest absolute Gasteiger partial charge is 0.258 e. The number of ether oxygens (including phenoxy) is 2. The van der Waals surface area contributed by atoms with Crippen molar-refractivity contribution in [3.8, 4) is 11.5 Å². The topological polar surface area (TPSA) is 76.2 Å². The third kappa shape index (κ3) is 5.13. The van der Waals surface area contributed by atoms with E-state index >= 15 is 0 Å². The maximum atomic E-state index is 13.6. The quantitative estimate of drug-likeness (QED) is 0.512. The SMILES string of the molecule is CN(C)S(=O)(=O)c1cccc(C(=O)N(C/C=C/c2ccccc2)c2ccc3c(c2)OCCO3)c1. The molecule has 0 fully saturated rings. The van der Waals surface area contributed by atoms with Crippen LogP contribution in [0.1, 0.15) is 15.9 Å². The first-order valence-electron chi connectivity index (χ1n) is 10.8. The van der Waals surface area contributed by atoms with Crippen LogP contribution in [-0.4, -0.2) is 52.5 Å². The van der Waals surface area contributed by atoms with Gasteiger partial charge in [-0.15, -0.1) is 0 Å². The Morgan fingerprint density at radius 1 is 0.912 bits per heavy atom. The molecule has 0 atom stereocenters. The fourth-order valence-electron chi connectivity index (χ4n) is 3.52. The highest BCUT2D eigenvalue weighted by molar-refractivity contribution is 7.89. The van der Waals surface area contributed by atoms with Crippen LogP contribution < -0.4 is 14.4 Å². The Kier molecular flexibility index (Phi) is 7.00. The zero-order chi connectivity index (χ0) is 24.1. The first kappa shape index (κ1) is 23.5. The average Bonchev–Trinajstić information content (AvgIpc) is 2.86. The van der Waals surface area contributed by atoms with Crippen molar-refractivity contribution < 1.29 is 22.7 Å². The number of nitrogens with zero attached hydrogens (tertiary/aromatic N) is 2. The summed E-state index contributed by atoms with van der Waals surface area (Å²) in [5.74, 6) is 0.865. The van der Waals surface area contributed by atoms with E-state index in [1.807, 2.05) is 42.5 Å². The average molecular weight is 479 g/mol. The van der Waals surface area contributed by atoms with Gasteiger partial charge in [0, 0.05) is 38.0 Å². The zero-order valence-electron chi connectivity index (χ0n) is 19.0. The van der Waals surface area contributed by atoms with E-state index in [-0.39, 0.29) is 22.9 Å². The Morgan fingerprint density at radius 2 is 1.65 bits per heavy atom. The zero-order valence-corrected chi connectivity index (χ0v) is 19.9. The fraction of sp³-hybridized carbons (Fsp3) is 0.192. The van der Waals surface area contributed by atoms with Crippen LogP contribution >= 0.6 is 0 Å². The van der Waals surface area contributed by atoms with Crippen LogP contribution in [0.3, 0.4) is 0 Å². The summed E-state index contributed by atoms with van der Waals surface area (Å²) >= 11 is 0. The van der Waals surface area contributed by atoms with Gasteiger partial charge in [0.25, 0.3) is 5.91 Å². The number of fused-ring (bicyclic) bond motifs is 1. The standard InChI is InChI=1S/C26H26N2O5S/c1-27(2)34(30,31)23-12-6-11-21(18-23)26(29)28(15-7-10-20-8-4-3-5-9-20)22-13-14-24-25(19-22)33-17-16-32-24/h3-14,18-19H,15-17H2,1-2H3/b10-7+. The minimum absolute atomic E-state index is 0.0605. The molecule has 0 saturated carbocycles. The van der Waals surface area contributed by atoms with Gasteiger partial charge in [-0.25, -0.2) is 12.7 Å². The van der Waals surface area contributed by atoms with Crippen LogP contribution in [0.5, 0.6) is 11.5 Å². The summed E-state index contributed by atoms with van der Waals surface area (Å²) in [6.45, 7) is 1.18. The molecule has 4 rings (SSSR count). The van der Waals surface area contributed by atoms with Gasteiger partial charge >= 0.3 is 0 Å². The van der Waals surface area contributed by atoms with Crippen molar-refractivity contribution in [1.29, 1.82) is 0 Å². The second kappa shape index (κ2) is 10.1. The van der Waals surface area contributed by atoms with Gasteiger partial charge in [0.05, 0.1) is 4.90 Å². The molecule has 0 spiro atoms. The molecule has 1 amide bonds. The van der Waals surface area contributed by atoms with Crippen LogP contribution in [0, 0.1) is 0 Å². The Bertz CT molecular complexity index is 1300. The maximum absolute atomic E-state index is 13.6. The molecular weight excluding hydrogens is 452 g/mol. The van der Waals surface area contributed by atoms with E-state index in [1.54, 1.807) is 35.2 Å². The van der Waals surface area contributed by atoms with Gasteiger partial charge < -0.3 is 14.4 Å². The molecule has 3 aromatic rings. The molecule has 0 N–H and O–H groups in total. The summed E-state index contributed by atoms with van der Waals surface area (Å²) < 4.78 is 37.6. The van der Waals surface area contributed by atoms with E-state index in [1.165, 1.54) is 26.2 Å². The minimum atomic E-state index is -3.68. The van der Waals surface area contributed by atoms with Crippen molar-refractivity contribution in [3.63, 3.8) is 0 Å². The lowest BCUT2D eigenvalue weighted by atomic mass is 10.1. The van der Waals surface area contributed by atoms with Gasteiger partial charge in [-0.2, -0.15) is 0 Å². The second-order valence-electron chi connectivity index (χ2n) is 7.87. The lowest BCUT2D eigenvalue weighted by molar-refractivity contribution is 0.0989. The minimum Gasteiger partial charge on any atom is -0.486 e. The molecule has 0 unspecified atom stereocenters. The summed E-state index contributed by atoms with van der Waals surface area (Å²) in [6.07, 6.45) is 3.83. The summed E-state index contributed by atoms with van der Waals surface area (Å²) in [4.78, 5) is 15.3. The van der Waals surface area contributed by atoms with Gasteiger partial charge in [0.15, 0.2) is 11.5 Å². The molecule has 0 bridgehead atoms. The summed E-state index contributed by atoms with van der Waals surface area (Å²) in [6, 6.07) is 21.2. The fourth-order valence-corrected chi connectivity index (χ4v) is 4.47. The number of amides is 1. The predicted molar refractivity (Wildman–Crippen MR) is 132 cm³/mol. The summed E-state index contributed by atoms with van der Waals surface area (Å²) in [7, 11) is -0.760. The first-order valence-corrected chi connectivity index (χ1v) is 12.3. The highest BCUT2D eigenvalue weighted by atomic mass is 32.2. The monoisotopic (exact) mass is 478 g/mol.